The first-order chi connectivity index (χ1) is 12.0. The summed E-state index contributed by atoms with van der Waals surface area (Å²) in [5.41, 5.74) is 1.32. The number of halogens is 3. The fraction of sp³-hybridized carbons (Fsp3) is 0.176. The molecule has 0 aliphatic carbocycles. The Hall–Kier alpha value is -1.18. The van der Waals surface area contributed by atoms with E-state index in [4.69, 9.17) is 27.9 Å². The largest absolute Gasteiger partial charge is 0.383 e. The molecule has 25 heavy (non-hydrogen) atoms. The fourth-order valence-electron chi connectivity index (χ4n) is 2.34. The number of carbonyl (C=O) groups is 1. The summed E-state index contributed by atoms with van der Waals surface area (Å²) in [7, 11) is 1.64. The highest BCUT2D eigenvalue weighted by Gasteiger charge is 2.12. The summed E-state index contributed by atoms with van der Waals surface area (Å²) < 4.78 is 9.14. The highest BCUT2D eigenvalue weighted by atomic mass is 79.9. The number of aromatic nitrogens is 1. The van der Waals surface area contributed by atoms with Gasteiger partial charge in [0.15, 0.2) is 4.80 Å². The van der Waals surface area contributed by atoms with Crippen LogP contribution in [0.4, 0.5) is 0 Å². The topological polar surface area (TPSA) is 43.6 Å². The van der Waals surface area contributed by atoms with Gasteiger partial charge in [-0.25, -0.2) is 0 Å². The van der Waals surface area contributed by atoms with E-state index in [0.717, 1.165) is 14.7 Å². The van der Waals surface area contributed by atoms with Crippen molar-refractivity contribution in [3.8, 4) is 0 Å². The number of rotatable bonds is 4. The average Bonchev–Trinajstić information content (AvgIpc) is 2.88. The lowest BCUT2D eigenvalue weighted by atomic mass is 10.2. The van der Waals surface area contributed by atoms with Crippen molar-refractivity contribution in [1.29, 1.82) is 0 Å². The van der Waals surface area contributed by atoms with E-state index in [2.05, 4.69) is 20.9 Å². The van der Waals surface area contributed by atoms with Gasteiger partial charge in [-0.2, -0.15) is 4.99 Å². The lowest BCUT2D eigenvalue weighted by molar-refractivity contribution is 0.0997. The van der Waals surface area contributed by atoms with Gasteiger partial charge in [-0.1, -0.05) is 50.5 Å². The van der Waals surface area contributed by atoms with Crippen LogP contribution in [0.3, 0.4) is 0 Å². The summed E-state index contributed by atoms with van der Waals surface area (Å²) in [5.74, 6) is -0.404. The molecule has 0 bridgehead atoms. The minimum atomic E-state index is -0.404. The first-order valence-electron chi connectivity index (χ1n) is 7.31. The lowest BCUT2D eigenvalue weighted by Crippen LogP contribution is -2.19. The normalized spacial score (nSPS) is 12.1. The third-order valence-electron chi connectivity index (χ3n) is 3.52. The number of nitrogens with zero attached hydrogens (tertiary/aromatic N) is 2. The van der Waals surface area contributed by atoms with Crippen molar-refractivity contribution in [1.82, 2.24) is 4.57 Å². The summed E-state index contributed by atoms with van der Waals surface area (Å²) >= 11 is 16.9. The maximum Gasteiger partial charge on any atom is 0.281 e. The van der Waals surface area contributed by atoms with Crippen molar-refractivity contribution in [2.75, 3.05) is 13.7 Å². The Bertz CT molecular complexity index is 1010. The standard InChI is InChI=1S/C17H13BrCl2N2O2S/c1-24-7-6-22-14-5-2-10(18)8-15(14)25-17(22)21-16(23)12-4-3-11(19)9-13(12)20/h2-5,8-9H,6-7H2,1H3. The number of fused-ring (bicyclic) bond motifs is 1. The first-order valence-corrected chi connectivity index (χ1v) is 9.68. The Morgan fingerprint density at radius 1 is 1.28 bits per heavy atom. The second kappa shape index (κ2) is 8.01. The lowest BCUT2D eigenvalue weighted by Gasteiger charge is -2.04. The molecule has 0 unspecified atom stereocenters. The number of hydrogen-bond acceptors (Lipinski definition) is 3. The zero-order chi connectivity index (χ0) is 18.0. The molecule has 0 radical (unpaired) electrons. The van der Waals surface area contributed by atoms with Gasteiger partial charge in [0.1, 0.15) is 0 Å². The molecule has 0 fully saturated rings. The van der Waals surface area contributed by atoms with E-state index in [9.17, 15) is 4.79 Å². The van der Waals surface area contributed by atoms with Crippen molar-refractivity contribution >= 4 is 66.6 Å². The van der Waals surface area contributed by atoms with E-state index in [1.165, 1.54) is 17.4 Å². The van der Waals surface area contributed by atoms with E-state index in [1.807, 2.05) is 22.8 Å². The van der Waals surface area contributed by atoms with Gasteiger partial charge >= 0.3 is 0 Å². The Morgan fingerprint density at radius 2 is 2.08 bits per heavy atom. The zero-order valence-corrected chi connectivity index (χ0v) is 17.0. The van der Waals surface area contributed by atoms with E-state index in [0.29, 0.717) is 28.5 Å². The van der Waals surface area contributed by atoms with Gasteiger partial charge in [0.25, 0.3) is 5.91 Å². The quantitative estimate of drug-likeness (QED) is 0.540. The third kappa shape index (κ3) is 4.15. The number of amides is 1. The molecule has 2 aromatic carbocycles. The molecule has 1 aromatic heterocycles. The number of ether oxygens (including phenoxy) is 1. The third-order valence-corrected chi connectivity index (χ3v) is 5.60. The van der Waals surface area contributed by atoms with E-state index >= 15 is 0 Å². The average molecular weight is 460 g/mol. The van der Waals surface area contributed by atoms with Gasteiger partial charge in [0.05, 0.1) is 27.4 Å². The van der Waals surface area contributed by atoms with E-state index in [-0.39, 0.29) is 5.02 Å². The molecule has 4 nitrogen and oxygen atoms in total. The second-order valence-electron chi connectivity index (χ2n) is 5.18. The molecule has 130 valence electrons. The van der Waals surface area contributed by atoms with Gasteiger partial charge in [-0.05, 0) is 36.4 Å². The van der Waals surface area contributed by atoms with Crippen LogP contribution in [-0.2, 0) is 11.3 Å². The smallest absolute Gasteiger partial charge is 0.281 e. The van der Waals surface area contributed by atoms with Crippen LogP contribution in [0, 0.1) is 0 Å². The highest BCUT2D eigenvalue weighted by Crippen LogP contribution is 2.24. The SMILES string of the molecule is COCCn1c(=NC(=O)c2ccc(Cl)cc2Cl)sc2cc(Br)ccc21. The number of carbonyl (C=O) groups excluding carboxylic acids is 1. The van der Waals surface area contributed by atoms with Gasteiger partial charge in [0, 0.05) is 23.1 Å². The molecule has 3 aromatic rings. The zero-order valence-electron chi connectivity index (χ0n) is 13.1. The molecule has 0 saturated carbocycles. The predicted molar refractivity (Wildman–Crippen MR) is 106 cm³/mol. The summed E-state index contributed by atoms with van der Waals surface area (Å²) in [5, 5.41) is 0.761. The maximum absolute atomic E-state index is 12.6. The van der Waals surface area contributed by atoms with E-state index < -0.39 is 5.91 Å². The molecule has 3 rings (SSSR count). The highest BCUT2D eigenvalue weighted by molar-refractivity contribution is 9.10. The van der Waals surface area contributed by atoms with Crippen LogP contribution in [0.5, 0.6) is 0 Å². The van der Waals surface area contributed by atoms with Crippen molar-refractivity contribution in [2.24, 2.45) is 4.99 Å². The van der Waals surface area contributed by atoms with Gasteiger partial charge in [-0.15, -0.1) is 0 Å². The molecular weight excluding hydrogens is 447 g/mol. The number of methoxy groups -OCH3 is 1. The predicted octanol–water partition coefficient (Wildman–Crippen LogP) is 5.16. The molecule has 0 saturated heterocycles. The van der Waals surface area contributed by atoms with Crippen LogP contribution < -0.4 is 4.80 Å². The first kappa shape index (κ1) is 18.6. The summed E-state index contributed by atoms with van der Waals surface area (Å²) in [6, 6.07) is 10.7. The van der Waals surface area contributed by atoms with Crippen molar-refractivity contribution in [3.05, 3.63) is 61.3 Å². The molecular formula is C17H13BrCl2N2O2S. The Morgan fingerprint density at radius 3 is 2.80 bits per heavy atom. The van der Waals surface area contributed by atoms with Gasteiger partial charge < -0.3 is 9.30 Å². The van der Waals surface area contributed by atoms with Crippen molar-refractivity contribution in [3.63, 3.8) is 0 Å². The Kier molecular flexibility index (Phi) is 5.96. The molecule has 0 atom stereocenters. The minimum Gasteiger partial charge on any atom is -0.383 e. The maximum atomic E-state index is 12.6. The second-order valence-corrected chi connectivity index (χ2v) is 7.95. The molecule has 1 amide bonds. The fourth-order valence-corrected chi connectivity index (χ4v) is 4.44. The Balaban J connectivity index is 2.12. The Labute approximate surface area is 166 Å². The molecule has 0 aliphatic heterocycles. The monoisotopic (exact) mass is 458 g/mol. The summed E-state index contributed by atoms with van der Waals surface area (Å²) in [6.07, 6.45) is 0. The van der Waals surface area contributed by atoms with Crippen LogP contribution in [0.1, 0.15) is 10.4 Å². The summed E-state index contributed by atoms with van der Waals surface area (Å²) in [6.45, 7) is 1.11. The molecule has 0 N–H and O–H groups in total. The molecule has 0 aliphatic rings. The van der Waals surface area contributed by atoms with Crippen LogP contribution >= 0.6 is 50.5 Å². The van der Waals surface area contributed by atoms with Gasteiger partial charge in [-0.3, -0.25) is 4.79 Å². The minimum absolute atomic E-state index is 0.286. The van der Waals surface area contributed by atoms with Crippen molar-refractivity contribution < 1.29 is 9.53 Å². The van der Waals surface area contributed by atoms with Crippen molar-refractivity contribution in [2.45, 2.75) is 6.54 Å². The molecule has 1 heterocycles. The molecule has 0 spiro atoms. The van der Waals surface area contributed by atoms with Crippen LogP contribution in [-0.4, -0.2) is 24.2 Å². The molecule has 8 heteroatoms. The summed E-state index contributed by atoms with van der Waals surface area (Å²) in [4.78, 5) is 17.5. The number of thiazole rings is 1. The van der Waals surface area contributed by atoms with Crippen LogP contribution in [0.15, 0.2) is 45.9 Å². The van der Waals surface area contributed by atoms with Crippen LogP contribution in [0.2, 0.25) is 10.0 Å². The van der Waals surface area contributed by atoms with Gasteiger partial charge in [0.2, 0.25) is 0 Å². The number of hydrogen-bond donors (Lipinski definition) is 0. The van der Waals surface area contributed by atoms with E-state index in [1.54, 1.807) is 19.2 Å². The van der Waals surface area contributed by atoms with Crippen LogP contribution in [0.25, 0.3) is 10.2 Å². The number of benzene rings is 2.